The van der Waals surface area contributed by atoms with Gasteiger partial charge in [-0.1, -0.05) is 30.3 Å². The highest BCUT2D eigenvalue weighted by Crippen LogP contribution is 2.29. The van der Waals surface area contributed by atoms with Crippen LogP contribution in [0.25, 0.3) is 5.69 Å². The number of benzene rings is 2. The van der Waals surface area contributed by atoms with E-state index in [0.717, 1.165) is 36.1 Å². The van der Waals surface area contributed by atoms with Gasteiger partial charge in [0.25, 0.3) is 5.91 Å². The Hall–Kier alpha value is -3.48. The van der Waals surface area contributed by atoms with E-state index in [1.54, 1.807) is 40.9 Å². The maximum atomic E-state index is 14.3. The van der Waals surface area contributed by atoms with Crippen molar-refractivity contribution in [3.05, 3.63) is 76.9 Å². The standard InChI is InChI=1S/C23H23FN4O2/c1-15(29)27(2)14-16-8-3-5-11-19(16)25-23(30)22-17-9-7-13-20(17)28(26-22)21-12-6-4-10-18(21)24/h3-6,8,10-12H,7,9,13-14H2,1-2H3,(H,25,30). The van der Waals surface area contributed by atoms with Gasteiger partial charge >= 0.3 is 0 Å². The smallest absolute Gasteiger partial charge is 0.276 e. The van der Waals surface area contributed by atoms with Crippen LogP contribution in [-0.2, 0) is 24.2 Å². The normalized spacial score (nSPS) is 12.5. The molecule has 1 aliphatic carbocycles. The average molecular weight is 406 g/mol. The van der Waals surface area contributed by atoms with E-state index in [4.69, 9.17) is 0 Å². The van der Waals surface area contributed by atoms with Crippen LogP contribution in [0.15, 0.2) is 48.5 Å². The third-order valence-corrected chi connectivity index (χ3v) is 5.44. The van der Waals surface area contributed by atoms with Crippen molar-refractivity contribution < 1.29 is 14.0 Å². The Labute approximate surface area is 174 Å². The third-order valence-electron chi connectivity index (χ3n) is 5.44. The number of anilines is 1. The van der Waals surface area contributed by atoms with E-state index in [1.807, 2.05) is 18.2 Å². The van der Waals surface area contributed by atoms with Crippen molar-refractivity contribution in [2.24, 2.45) is 0 Å². The van der Waals surface area contributed by atoms with Crippen LogP contribution in [0.1, 0.15) is 40.7 Å². The summed E-state index contributed by atoms with van der Waals surface area (Å²) < 4.78 is 15.9. The number of para-hydroxylation sites is 2. The molecule has 3 aromatic rings. The molecule has 1 aliphatic rings. The van der Waals surface area contributed by atoms with Crippen LogP contribution in [0.5, 0.6) is 0 Å². The van der Waals surface area contributed by atoms with E-state index in [0.29, 0.717) is 23.6 Å². The van der Waals surface area contributed by atoms with Crippen molar-refractivity contribution in [3.63, 3.8) is 0 Å². The van der Waals surface area contributed by atoms with Crippen LogP contribution in [0.3, 0.4) is 0 Å². The van der Waals surface area contributed by atoms with Gasteiger partial charge in [0.15, 0.2) is 5.69 Å². The molecule has 1 aromatic heterocycles. The maximum Gasteiger partial charge on any atom is 0.276 e. The lowest BCUT2D eigenvalue weighted by Gasteiger charge is -2.17. The second-order valence-corrected chi connectivity index (χ2v) is 7.48. The molecule has 0 spiro atoms. The van der Waals surface area contributed by atoms with Gasteiger partial charge in [-0.2, -0.15) is 5.10 Å². The first kappa shape index (κ1) is 19.8. The predicted octanol–water partition coefficient (Wildman–Crippen LogP) is 3.73. The number of fused-ring (bicyclic) bond motifs is 1. The number of hydrogen-bond donors (Lipinski definition) is 1. The van der Waals surface area contributed by atoms with Crippen LogP contribution in [0.4, 0.5) is 10.1 Å². The SMILES string of the molecule is CC(=O)N(C)Cc1ccccc1NC(=O)c1nn(-c2ccccc2F)c2c1CCC2. The maximum absolute atomic E-state index is 14.3. The molecule has 2 amide bonds. The van der Waals surface area contributed by atoms with E-state index in [9.17, 15) is 14.0 Å². The van der Waals surface area contributed by atoms with Crippen molar-refractivity contribution in [2.75, 3.05) is 12.4 Å². The van der Waals surface area contributed by atoms with Crippen molar-refractivity contribution in [1.82, 2.24) is 14.7 Å². The van der Waals surface area contributed by atoms with Crippen molar-refractivity contribution in [1.29, 1.82) is 0 Å². The summed E-state index contributed by atoms with van der Waals surface area (Å²) in [6.07, 6.45) is 2.40. The molecule has 0 bridgehead atoms. The summed E-state index contributed by atoms with van der Waals surface area (Å²) in [6.45, 7) is 1.88. The molecule has 0 aliphatic heterocycles. The third kappa shape index (κ3) is 3.70. The van der Waals surface area contributed by atoms with Crippen molar-refractivity contribution in [3.8, 4) is 5.69 Å². The van der Waals surface area contributed by atoms with Gasteiger partial charge in [-0.05, 0) is 43.0 Å². The quantitative estimate of drug-likeness (QED) is 0.702. The minimum atomic E-state index is -0.376. The summed E-state index contributed by atoms with van der Waals surface area (Å²) in [4.78, 5) is 26.3. The molecule has 1 heterocycles. The fraction of sp³-hybridized carbons (Fsp3) is 0.261. The zero-order chi connectivity index (χ0) is 21.3. The average Bonchev–Trinajstić information content (AvgIpc) is 3.32. The lowest BCUT2D eigenvalue weighted by molar-refractivity contribution is -0.128. The number of halogens is 1. The first-order chi connectivity index (χ1) is 14.5. The predicted molar refractivity (Wildman–Crippen MR) is 112 cm³/mol. The number of carbonyl (C=O) groups excluding carboxylic acids is 2. The van der Waals surface area contributed by atoms with Gasteiger partial charge in [-0.25, -0.2) is 9.07 Å². The molecule has 0 atom stereocenters. The Balaban J connectivity index is 1.66. The van der Waals surface area contributed by atoms with E-state index in [1.165, 1.54) is 13.0 Å². The van der Waals surface area contributed by atoms with Gasteiger partial charge in [-0.3, -0.25) is 9.59 Å². The lowest BCUT2D eigenvalue weighted by Crippen LogP contribution is -2.24. The second-order valence-electron chi connectivity index (χ2n) is 7.48. The van der Waals surface area contributed by atoms with Crippen LogP contribution in [0, 0.1) is 5.82 Å². The second kappa shape index (κ2) is 8.10. The Morgan fingerprint density at radius 3 is 2.63 bits per heavy atom. The molecule has 6 nitrogen and oxygen atoms in total. The van der Waals surface area contributed by atoms with Crippen LogP contribution >= 0.6 is 0 Å². The summed E-state index contributed by atoms with van der Waals surface area (Å²) in [6, 6.07) is 13.8. The topological polar surface area (TPSA) is 67.2 Å². The molecule has 0 saturated carbocycles. The van der Waals surface area contributed by atoms with Crippen molar-refractivity contribution >= 4 is 17.5 Å². The summed E-state index contributed by atoms with van der Waals surface area (Å²) in [5.41, 5.74) is 3.87. The molecule has 1 N–H and O–H groups in total. The van der Waals surface area contributed by atoms with Gasteiger partial charge < -0.3 is 10.2 Å². The first-order valence-electron chi connectivity index (χ1n) is 9.92. The first-order valence-corrected chi connectivity index (χ1v) is 9.92. The highest BCUT2D eigenvalue weighted by atomic mass is 19.1. The molecule has 154 valence electrons. The summed E-state index contributed by atoms with van der Waals surface area (Å²) in [5, 5.41) is 7.41. The van der Waals surface area contributed by atoms with Crippen LogP contribution in [0.2, 0.25) is 0 Å². The van der Waals surface area contributed by atoms with E-state index in [-0.39, 0.29) is 17.6 Å². The molecule has 30 heavy (non-hydrogen) atoms. The van der Waals surface area contributed by atoms with Gasteiger partial charge in [0, 0.05) is 37.5 Å². The molecule has 0 radical (unpaired) electrons. The number of rotatable bonds is 5. The number of nitrogens with one attached hydrogen (secondary N) is 1. The number of hydrogen-bond acceptors (Lipinski definition) is 3. The molecule has 7 heteroatoms. The number of aromatic nitrogens is 2. The monoisotopic (exact) mass is 406 g/mol. The Morgan fingerprint density at radius 1 is 1.13 bits per heavy atom. The lowest BCUT2D eigenvalue weighted by atomic mass is 10.1. The Morgan fingerprint density at radius 2 is 1.87 bits per heavy atom. The van der Waals surface area contributed by atoms with Gasteiger partial charge in [-0.15, -0.1) is 0 Å². The Kier molecular flexibility index (Phi) is 5.35. The molecular formula is C23H23FN4O2. The summed E-state index contributed by atoms with van der Waals surface area (Å²) in [5.74, 6) is -0.766. The minimum absolute atomic E-state index is 0.0578. The summed E-state index contributed by atoms with van der Waals surface area (Å²) >= 11 is 0. The number of amides is 2. The van der Waals surface area contributed by atoms with Gasteiger partial charge in [0.1, 0.15) is 11.5 Å². The fourth-order valence-electron chi connectivity index (χ4n) is 3.77. The molecule has 0 saturated heterocycles. The van der Waals surface area contributed by atoms with E-state index >= 15 is 0 Å². The minimum Gasteiger partial charge on any atom is -0.342 e. The molecule has 4 rings (SSSR count). The molecule has 0 fully saturated rings. The number of nitrogens with zero attached hydrogens (tertiary/aromatic N) is 3. The molecule has 0 unspecified atom stereocenters. The largest absolute Gasteiger partial charge is 0.342 e. The highest BCUT2D eigenvalue weighted by Gasteiger charge is 2.28. The molecular weight excluding hydrogens is 383 g/mol. The van der Waals surface area contributed by atoms with E-state index in [2.05, 4.69) is 10.4 Å². The Bertz CT molecular complexity index is 1120. The van der Waals surface area contributed by atoms with Gasteiger partial charge in [0.05, 0.1) is 0 Å². The zero-order valence-corrected chi connectivity index (χ0v) is 17.0. The van der Waals surface area contributed by atoms with E-state index < -0.39 is 0 Å². The van der Waals surface area contributed by atoms with Crippen LogP contribution in [-0.4, -0.2) is 33.5 Å². The molecule has 2 aromatic carbocycles. The van der Waals surface area contributed by atoms with Gasteiger partial charge in [0.2, 0.25) is 5.91 Å². The highest BCUT2D eigenvalue weighted by molar-refractivity contribution is 6.04. The zero-order valence-electron chi connectivity index (χ0n) is 17.0. The van der Waals surface area contributed by atoms with Crippen molar-refractivity contribution in [2.45, 2.75) is 32.7 Å². The summed E-state index contributed by atoms with van der Waals surface area (Å²) in [7, 11) is 1.71. The number of carbonyl (C=O) groups is 2. The fourth-order valence-corrected chi connectivity index (χ4v) is 3.77. The van der Waals surface area contributed by atoms with Crippen LogP contribution < -0.4 is 5.32 Å².